The second-order valence-electron chi connectivity index (χ2n) is 5.44. The van der Waals surface area contributed by atoms with Crippen molar-refractivity contribution < 1.29 is 8.42 Å². The Morgan fingerprint density at radius 3 is 2.65 bits per heavy atom. The molecule has 1 aromatic heterocycles. The molecule has 0 aliphatic heterocycles. The number of nitrogens with one attached hydrogen (secondary N) is 2. The maximum Gasteiger partial charge on any atom is 0.243 e. The van der Waals surface area contributed by atoms with Gasteiger partial charge < -0.3 is 5.32 Å². The van der Waals surface area contributed by atoms with Gasteiger partial charge in [0.1, 0.15) is 4.90 Å². The Hall–Kier alpha value is -0.920. The highest BCUT2D eigenvalue weighted by Gasteiger charge is 2.19. The van der Waals surface area contributed by atoms with Crippen LogP contribution >= 0.6 is 0 Å². The summed E-state index contributed by atoms with van der Waals surface area (Å²) in [5.74, 6) is 0.454. The molecule has 1 heterocycles. The lowest BCUT2D eigenvalue weighted by Gasteiger charge is -2.15. The number of hydrogen-bond donors (Lipinski definition) is 2. The molecular formula is C13H26N4O2S. The molecule has 0 bridgehead atoms. The lowest BCUT2D eigenvalue weighted by Crippen LogP contribution is -2.33. The van der Waals surface area contributed by atoms with E-state index in [1.54, 1.807) is 10.9 Å². The van der Waals surface area contributed by atoms with E-state index in [2.05, 4.69) is 29.0 Å². The summed E-state index contributed by atoms with van der Waals surface area (Å²) >= 11 is 0. The molecule has 0 aliphatic carbocycles. The minimum Gasteiger partial charge on any atom is -0.315 e. The van der Waals surface area contributed by atoms with Crippen molar-refractivity contribution >= 4 is 10.0 Å². The van der Waals surface area contributed by atoms with Crippen molar-refractivity contribution in [2.75, 3.05) is 13.1 Å². The molecule has 0 aromatic carbocycles. The summed E-state index contributed by atoms with van der Waals surface area (Å²) < 4.78 is 28.7. The molecule has 0 fully saturated rings. The molecular weight excluding hydrogens is 276 g/mol. The van der Waals surface area contributed by atoms with Gasteiger partial charge >= 0.3 is 0 Å². The van der Waals surface area contributed by atoms with Crippen molar-refractivity contribution in [1.29, 1.82) is 0 Å². The van der Waals surface area contributed by atoms with Gasteiger partial charge in [-0.1, -0.05) is 20.8 Å². The van der Waals surface area contributed by atoms with E-state index in [0.29, 0.717) is 12.5 Å². The first-order valence-corrected chi connectivity index (χ1v) is 8.59. The van der Waals surface area contributed by atoms with Crippen molar-refractivity contribution in [2.45, 2.75) is 51.6 Å². The predicted octanol–water partition coefficient (Wildman–Crippen LogP) is 1.21. The van der Waals surface area contributed by atoms with Crippen LogP contribution in [0.15, 0.2) is 17.3 Å². The average Bonchev–Trinajstić information content (AvgIpc) is 2.76. The van der Waals surface area contributed by atoms with Crippen molar-refractivity contribution in [3.05, 3.63) is 12.4 Å². The van der Waals surface area contributed by atoms with Gasteiger partial charge in [0.15, 0.2) is 0 Å². The summed E-state index contributed by atoms with van der Waals surface area (Å²) in [6, 6.07) is -0.0786. The van der Waals surface area contributed by atoms with E-state index < -0.39 is 10.0 Å². The van der Waals surface area contributed by atoms with Gasteiger partial charge in [-0.25, -0.2) is 13.1 Å². The summed E-state index contributed by atoms with van der Waals surface area (Å²) in [5.41, 5.74) is 0. The molecule has 1 atom stereocenters. The van der Waals surface area contributed by atoms with Gasteiger partial charge in [0, 0.05) is 18.8 Å². The maximum atomic E-state index is 12.2. The number of likely N-dealkylation sites (N-methyl/N-ethyl adjacent to an activating group) is 1. The minimum atomic E-state index is -3.47. The molecule has 0 radical (unpaired) electrons. The van der Waals surface area contributed by atoms with Gasteiger partial charge in [-0.05, 0) is 25.8 Å². The van der Waals surface area contributed by atoms with Gasteiger partial charge in [-0.2, -0.15) is 5.10 Å². The van der Waals surface area contributed by atoms with Crippen LogP contribution in [0.2, 0.25) is 0 Å². The topological polar surface area (TPSA) is 76.0 Å². The summed E-state index contributed by atoms with van der Waals surface area (Å²) in [4.78, 5) is 0.226. The Morgan fingerprint density at radius 2 is 2.05 bits per heavy atom. The summed E-state index contributed by atoms with van der Waals surface area (Å²) in [5, 5.41) is 7.25. The van der Waals surface area contributed by atoms with Gasteiger partial charge in [0.25, 0.3) is 0 Å². The molecule has 0 saturated heterocycles. The molecule has 0 saturated carbocycles. The molecule has 0 spiro atoms. The van der Waals surface area contributed by atoms with E-state index in [9.17, 15) is 8.42 Å². The van der Waals surface area contributed by atoms with Crippen LogP contribution in [0.25, 0.3) is 0 Å². The van der Waals surface area contributed by atoms with E-state index in [4.69, 9.17) is 0 Å². The normalized spacial score (nSPS) is 13.8. The molecule has 1 unspecified atom stereocenters. The zero-order valence-electron chi connectivity index (χ0n) is 12.8. The Kier molecular flexibility index (Phi) is 6.64. The van der Waals surface area contributed by atoms with Crippen LogP contribution in [0.4, 0.5) is 0 Å². The SMILES string of the molecule is CCNCCn1cc(S(=O)(=O)NC(C)CC(C)C)cn1. The third kappa shape index (κ3) is 5.60. The molecule has 1 rings (SSSR count). The van der Waals surface area contributed by atoms with Crippen molar-refractivity contribution in [3.8, 4) is 0 Å². The molecule has 7 heteroatoms. The van der Waals surface area contributed by atoms with Crippen molar-refractivity contribution in [3.63, 3.8) is 0 Å². The first-order chi connectivity index (χ1) is 9.35. The third-order valence-corrected chi connectivity index (χ3v) is 4.41. The quantitative estimate of drug-likeness (QED) is 0.672. The average molecular weight is 302 g/mol. The Bertz CT molecular complexity index is 496. The first-order valence-electron chi connectivity index (χ1n) is 7.10. The second kappa shape index (κ2) is 7.75. The van der Waals surface area contributed by atoms with E-state index >= 15 is 0 Å². The van der Waals surface area contributed by atoms with Gasteiger partial charge in [0.05, 0.1) is 12.7 Å². The number of sulfonamides is 1. The van der Waals surface area contributed by atoms with Gasteiger partial charge in [-0.15, -0.1) is 0 Å². The molecule has 116 valence electrons. The molecule has 6 nitrogen and oxygen atoms in total. The molecule has 0 aliphatic rings. The summed E-state index contributed by atoms with van der Waals surface area (Å²) in [7, 11) is -3.47. The molecule has 2 N–H and O–H groups in total. The second-order valence-corrected chi connectivity index (χ2v) is 7.16. The Balaban J connectivity index is 2.63. The Labute approximate surface area is 122 Å². The van der Waals surface area contributed by atoms with Crippen LogP contribution in [0.3, 0.4) is 0 Å². The van der Waals surface area contributed by atoms with Crippen LogP contribution in [-0.4, -0.2) is 37.3 Å². The van der Waals surface area contributed by atoms with Crippen LogP contribution in [0.1, 0.15) is 34.1 Å². The van der Waals surface area contributed by atoms with E-state index in [0.717, 1.165) is 19.5 Å². The Morgan fingerprint density at radius 1 is 1.35 bits per heavy atom. The predicted molar refractivity (Wildman–Crippen MR) is 80.0 cm³/mol. The summed E-state index contributed by atoms with van der Waals surface area (Å²) in [6.07, 6.45) is 3.78. The fourth-order valence-electron chi connectivity index (χ4n) is 2.06. The lowest BCUT2D eigenvalue weighted by molar-refractivity contribution is 0.482. The van der Waals surface area contributed by atoms with Crippen LogP contribution in [-0.2, 0) is 16.6 Å². The summed E-state index contributed by atoms with van der Waals surface area (Å²) in [6.45, 7) is 10.4. The van der Waals surface area contributed by atoms with Crippen molar-refractivity contribution in [1.82, 2.24) is 19.8 Å². The van der Waals surface area contributed by atoms with Crippen molar-refractivity contribution in [2.24, 2.45) is 5.92 Å². The number of rotatable bonds is 9. The highest BCUT2D eigenvalue weighted by atomic mass is 32.2. The monoisotopic (exact) mass is 302 g/mol. The largest absolute Gasteiger partial charge is 0.315 e. The number of nitrogens with zero attached hydrogens (tertiary/aromatic N) is 2. The van der Waals surface area contributed by atoms with Gasteiger partial charge in [0.2, 0.25) is 10.0 Å². The van der Waals surface area contributed by atoms with E-state index in [1.165, 1.54) is 6.20 Å². The van der Waals surface area contributed by atoms with E-state index in [1.807, 2.05) is 13.8 Å². The fraction of sp³-hybridized carbons (Fsp3) is 0.769. The first kappa shape index (κ1) is 17.1. The van der Waals surface area contributed by atoms with Crippen LogP contribution in [0.5, 0.6) is 0 Å². The molecule has 1 aromatic rings. The maximum absolute atomic E-state index is 12.2. The minimum absolute atomic E-state index is 0.0786. The molecule has 20 heavy (non-hydrogen) atoms. The zero-order valence-corrected chi connectivity index (χ0v) is 13.6. The third-order valence-electron chi connectivity index (χ3n) is 2.87. The smallest absolute Gasteiger partial charge is 0.243 e. The molecule has 0 amide bonds. The highest BCUT2D eigenvalue weighted by molar-refractivity contribution is 7.89. The highest BCUT2D eigenvalue weighted by Crippen LogP contribution is 2.11. The lowest BCUT2D eigenvalue weighted by atomic mass is 10.1. The number of hydrogen-bond acceptors (Lipinski definition) is 4. The van der Waals surface area contributed by atoms with Gasteiger partial charge in [-0.3, -0.25) is 4.68 Å². The van der Waals surface area contributed by atoms with Crippen LogP contribution < -0.4 is 10.0 Å². The standard InChI is InChI=1S/C13H26N4O2S/c1-5-14-6-7-17-10-13(9-15-17)20(18,19)16-12(4)8-11(2)3/h9-12,14,16H,5-8H2,1-4H3. The number of aromatic nitrogens is 2. The fourth-order valence-corrected chi connectivity index (χ4v) is 3.27. The van der Waals surface area contributed by atoms with Crippen LogP contribution in [0, 0.1) is 5.92 Å². The van der Waals surface area contributed by atoms with E-state index in [-0.39, 0.29) is 10.9 Å². The zero-order chi connectivity index (χ0) is 15.2.